The van der Waals surface area contributed by atoms with Crippen LogP contribution < -0.4 is 0 Å². The number of fused-ring (bicyclic) bond motifs is 1. The van der Waals surface area contributed by atoms with Crippen molar-refractivity contribution >= 4 is 22.8 Å². The number of halogens is 1. The minimum absolute atomic E-state index is 0.150. The van der Waals surface area contributed by atoms with Gasteiger partial charge in [-0.05, 0) is 43.7 Å². The van der Waals surface area contributed by atoms with Gasteiger partial charge in [-0.25, -0.2) is 15.0 Å². The summed E-state index contributed by atoms with van der Waals surface area (Å²) in [5, 5.41) is 0.302. The molecule has 0 aliphatic carbocycles. The topological polar surface area (TPSA) is 65.7 Å². The van der Waals surface area contributed by atoms with E-state index >= 15 is 0 Å². The van der Waals surface area contributed by atoms with Crippen LogP contribution in [0.2, 0.25) is 5.15 Å². The van der Waals surface area contributed by atoms with Crippen molar-refractivity contribution in [2.45, 2.75) is 51.7 Å². The maximum Gasteiger partial charge on any atom is 0.208 e. The third-order valence-electron chi connectivity index (χ3n) is 4.69. The third-order valence-corrected chi connectivity index (χ3v) is 4.95. The minimum atomic E-state index is -0.150. The quantitative estimate of drug-likeness (QED) is 0.361. The second-order valence-electron chi connectivity index (χ2n) is 6.76. The van der Waals surface area contributed by atoms with E-state index in [4.69, 9.17) is 21.3 Å². The summed E-state index contributed by atoms with van der Waals surface area (Å²) in [5.74, 6) is 7.27. The summed E-state index contributed by atoms with van der Waals surface area (Å²) in [6, 6.07) is 5.74. The summed E-state index contributed by atoms with van der Waals surface area (Å²) in [6.07, 6.45) is 7.63. The van der Waals surface area contributed by atoms with Gasteiger partial charge in [0, 0.05) is 19.2 Å². The molecule has 1 unspecified atom stereocenters. The van der Waals surface area contributed by atoms with Gasteiger partial charge in [-0.3, -0.25) is 9.55 Å². The number of pyridine rings is 1. The van der Waals surface area contributed by atoms with Crippen molar-refractivity contribution in [3.63, 3.8) is 0 Å². The van der Waals surface area contributed by atoms with E-state index in [-0.39, 0.29) is 6.23 Å². The zero-order valence-corrected chi connectivity index (χ0v) is 16.6. The molecule has 1 aliphatic heterocycles. The van der Waals surface area contributed by atoms with E-state index in [2.05, 4.69) is 33.7 Å². The first kappa shape index (κ1) is 18.9. The lowest BCUT2D eigenvalue weighted by Crippen LogP contribution is -2.19. The summed E-state index contributed by atoms with van der Waals surface area (Å²) < 4.78 is 8.04. The number of ether oxygens (including phenoxy) is 1. The highest BCUT2D eigenvalue weighted by Gasteiger charge is 2.26. The summed E-state index contributed by atoms with van der Waals surface area (Å²) in [7, 11) is 0. The van der Waals surface area contributed by atoms with Gasteiger partial charge in [0.1, 0.15) is 17.4 Å². The normalized spacial score (nSPS) is 16.7. The highest BCUT2D eigenvalue weighted by Crippen LogP contribution is 2.33. The van der Waals surface area contributed by atoms with E-state index in [1.165, 1.54) is 0 Å². The standard InChI is InChI=1S/C21H22ClN5O/c1-2-3-4-5-11-16-24-19(22)18-21(25-16)27(17-12-7-9-14-28-17)20(26-18)15-10-6-8-13-23-15/h6,8,10,13,17H,2-4,7,9,12,14H2,1H3. The van der Waals surface area contributed by atoms with Gasteiger partial charge in [0.25, 0.3) is 0 Å². The molecule has 0 bridgehead atoms. The molecular formula is C21H22ClN5O. The molecular weight excluding hydrogens is 374 g/mol. The molecule has 3 aromatic heterocycles. The molecule has 0 amide bonds. The van der Waals surface area contributed by atoms with Gasteiger partial charge < -0.3 is 4.74 Å². The molecule has 1 aliphatic rings. The Hall–Kier alpha value is -2.49. The molecule has 0 radical (unpaired) electrons. The second-order valence-corrected chi connectivity index (χ2v) is 7.12. The molecule has 144 valence electrons. The van der Waals surface area contributed by atoms with Crippen molar-refractivity contribution in [1.29, 1.82) is 0 Å². The first-order chi connectivity index (χ1) is 13.8. The molecule has 0 N–H and O–H groups in total. The van der Waals surface area contributed by atoms with E-state index in [0.717, 1.165) is 44.2 Å². The number of rotatable bonds is 4. The van der Waals surface area contributed by atoms with E-state index in [0.29, 0.717) is 34.6 Å². The smallest absolute Gasteiger partial charge is 0.208 e. The first-order valence-corrected chi connectivity index (χ1v) is 10.1. The summed E-state index contributed by atoms with van der Waals surface area (Å²) in [4.78, 5) is 18.2. The van der Waals surface area contributed by atoms with Crippen molar-refractivity contribution in [1.82, 2.24) is 24.5 Å². The maximum absolute atomic E-state index is 6.46. The van der Waals surface area contributed by atoms with E-state index in [9.17, 15) is 0 Å². The highest BCUT2D eigenvalue weighted by molar-refractivity contribution is 6.33. The Bertz CT molecular complexity index is 1020. The molecule has 3 aromatic rings. The van der Waals surface area contributed by atoms with Crippen LogP contribution in [0.5, 0.6) is 0 Å². The fraction of sp³-hybridized carbons (Fsp3) is 0.429. The largest absolute Gasteiger partial charge is 0.358 e. The Morgan fingerprint density at radius 2 is 2.18 bits per heavy atom. The summed E-state index contributed by atoms with van der Waals surface area (Å²) in [5.41, 5.74) is 1.95. The maximum atomic E-state index is 6.46. The molecule has 1 fully saturated rings. The van der Waals surface area contributed by atoms with Crippen LogP contribution in [0.4, 0.5) is 0 Å². The van der Waals surface area contributed by atoms with E-state index < -0.39 is 0 Å². The lowest BCUT2D eigenvalue weighted by molar-refractivity contribution is -0.0288. The minimum Gasteiger partial charge on any atom is -0.358 e. The van der Waals surface area contributed by atoms with Gasteiger partial charge in [0.05, 0.1) is 0 Å². The Balaban J connectivity index is 1.86. The van der Waals surface area contributed by atoms with Gasteiger partial charge in [-0.1, -0.05) is 36.9 Å². The highest BCUT2D eigenvalue weighted by atomic mass is 35.5. The van der Waals surface area contributed by atoms with Crippen molar-refractivity contribution in [3.8, 4) is 23.4 Å². The fourth-order valence-electron chi connectivity index (χ4n) is 3.28. The number of nitrogens with zero attached hydrogens (tertiary/aromatic N) is 5. The Morgan fingerprint density at radius 1 is 1.25 bits per heavy atom. The van der Waals surface area contributed by atoms with Gasteiger partial charge in [0.2, 0.25) is 5.82 Å². The van der Waals surface area contributed by atoms with Crippen molar-refractivity contribution in [2.24, 2.45) is 0 Å². The zero-order chi connectivity index (χ0) is 19.3. The van der Waals surface area contributed by atoms with Crippen LogP contribution in [0.25, 0.3) is 22.7 Å². The Labute approximate surface area is 169 Å². The molecule has 0 saturated carbocycles. The number of hydrogen-bond donors (Lipinski definition) is 0. The summed E-state index contributed by atoms with van der Waals surface area (Å²) in [6.45, 7) is 2.86. The van der Waals surface area contributed by atoms with Gasteiger partial charge in [-0.2, -0.15) is 0 Å². The molecule has 0 spiro atoms. The fourth-order valence-corrected chi connectivity index (χ4v) is 3.49. The number of hydrogen-bond acceptors (Lipinski definition) is 5. The van der Waals surface area contributed by atoms with Gasteiger partial charge >= 0.3 is 0 Å². The summed E-state index contributed by atoms with van der Waals surface area (Å²) >= 11 is 6.46. The number of aromatic nitrogens is 5. The second kappa shape index (κ2) is 8.68. The van der Waals surface area contributed by atoms with Crippen LogP contribution in [-0.4, -0.2) is 31.1 Å². The van der Waals surface area contributed by atoms with Crippen LogP contribution >= 0.6 is 11.6 Å². The molecule has 1 saturated heterocycles. The molecule has 0 aromatic carbocycles. The Morgan fingerprint density at radius 3 is 2.93 bits per heavy atom. The molecule has 7 heteroatoms. The molecule has 1 atom stereocenters. The van der Waals surface area contributed by atoms with Crippen molar-refractivity contribution < 1.29 is 4.74 Å². The number of imidazole rings is 1. The predicted molar refractivity (Wildman–Crippen MR) is 109 cm³/mol. The molecule has 28 heavy (non-hydrogen) atoms. The lowest BCUT2D eigenvalue weighted by atomic mass is 10.2. The van der Waals surface area contributed by atoms with E-state index in [1.54, 1.807) is 6.20 Å². The zero-order valence-electron chi connectivity index (χ0n) is 15.9. The number of unbranched alkanes of at least 4 members (excludes halogenated alkanes) is 2. The SMILES string of the molecule is CCCCC#Cc1nc(Cl)c2nc(-c3ccccn3)n(C3CCCCO3)c2n1. The van der Waals surface area contributed by atoms with Gasteiger partial charge in [-0.15, -0.1) is 0 Å². The van der Waals surface area contributed by atoms with E-state index in [1.807, 2.05) is 22.8 Å². The molecule has 4 rings (SSSR count). The van der Waals surface area contributed by atoms with Gasteiger partial charge in [0.15, 0.2) is 16.6 Å². The average Bonchev–Trinajstić information content (AvgIpc) is 3.13. The van der Waals surface area contributed by atoms with Crippen molar-refractivity contribution in [3.05, 3.63) is 35.4 Å². The third kappa shape index (κ3) is 3.87. The van der Waals surface area contributed by atoms with Crippen LogP contribution in [0.15, 0.2) is 24.4 Å². The van der Waals surface area contributed by atoms with Crippen LogP contribution in [-0.2, 0) is 4.74 Å². The average molecular weight is 396 g/mol. The molecule has 6 nitrogen and oxygen atoms in total. The Kier molecular flexibility index (Phi) is 5.84. The predicted octanol–water partition coefficient (Wildman–Crippen LogP) is 4.78. The van der Waals surface area contributed by atoms with Crippen LogP contribution in [0, 0.1) is 11.8 Å². The first-order valence-electron chi connectivity index (χ1n) is 9.75. The van der Waals surface area contributed by atoms with Crippen molar-refractivity contribution in [2.75, 3.05) is 6.61 Å². The lowest BCUT2D eigenvalue weighted by Gasteiger charge is -2.25. The monoisotopic (exact) mass is 395 g/mol. The van der Waals surface area contributed by atoms with Crippen LogP contribution in [0.1, 0.15) is 57.5 Å². The van der Waals surface area contributed by atoms with Crippen LogP contribution in [0.3, 0.4) is 0 Å². The molecule has 4 heterocycles.